The summed E-state index contributed by atoms with van der Waals surface area (Å²) in [7, 11) is 4.12. The summed E-state index contributed by atoms with van der Waals surface area (Å²) in [6.45, 7) is 8.67. The number of nitrogens with zero attached hydrogens (tertiary/aromatic N) is 1. The van der Waals surface area contributed by atoms with Gasteiger partial charge in [0.2, 0.25) is 0 Å². The van der Waals surface area contributed by atoms with Crippen LogP contribution in [0.1, 0.15) is 59.5 Å². The van der Waals surface area contributed by atoms with Crippen molar-refractivity contribution in [2.45, 2.75) is 39.2 Å². The van der Waals surface area contributed by atoms with Gasteiger partial charge in [-0.3, -0.25) is 0 Å². The van der Waals surface area contributed by atoms with Crippen molar-refractivity contribution in [3.8, 4) is 11.1 Å². The summed E-state index contributed by atoms with van der Waals surface area (Å²) in [5.41, 5.74) is 7.52. The number of carboxylic acids is 1. The van der Waals surface area contributed by atoms with Gasteiger partial charge >= 0.3 is 5.97 Å². The third-order valence-electron chi connectivity index (χ3n) is 5.79. The number of hydrogen-bond acceptors (Lipinski definition) is 3. The Balaban J connectivity index is 2.10. The molecule has 172 valence electrons. The Hall–Kier alpha value is -3.37. The van der Waals surface area contributed by atoms with Crippen molar-refractivity contribution in [3.63, 3.8) is 0 Å². The van der Waals surface area contributed by atoms with E-state index in [0.717, 1.165) is 27.9 Å². The van der Waals surface area contributed by atoms with Gasteiger partial charge in [0.05, 0.1) is 11.7 Å². The van der Waals surface area contributed by atoms with Crippen LogP contribution in [0.25, 0.3) is 17.2 Å². The smallest absolute Gasteiger partial charge is 0.335 e. The Morgan fingerprint density at radius 2 is 1.61 bits per heavy atom. The van der Waals surface area contributed by atoms with E-state index in [1.165, 1.54) is 11.1 Å². The average Bonchev–Trinajstić information content (AvgIpc) is 2.76. The molecule has 0 heterocycles. The summed E-state index contributed by atoms with van der Waals surface area (Å²) >= 11 is 0. The number of aryl methyl sites for hydroxylation is 1. The Labute approximate surface area is 196 Å². The minimum atomic E-state index is -0.954. The number of hydrogen-bond donors (Lipinski definition) is 2. The number of carboxylic acid groups (broad SMARTS) is 1. The van der Waals surface area contributed by atoms with Crippen LogP contribution in [0.4, 0.5) is 5.69 Å². The zero-order valence-corrected chi connectivity index (χ0v) is 20.3. The van der Waals surface area contributed by atoms with E-state index in [-0.39, 0.29) is 11.0 Å². The Morgan fingerprint density at radius 1 is 0.970 bits per heavy atom. The summed E-state index contributed by atoms with van der Waals surface area (Å²) in [5, 5.41) is 20.2. The lowest BCUT2D eigenvalue weighted by atomic mass is 9.80. The molecule has 4 nitrogen and oxygen atoms in total. The lowest BCUT2D eigenvalue weighted by molar-refractivity contribution is 0.0697. The molecule has 1 atom stereocenters. The summed E-state index contributed by atoms with van der Waals surface area (Å²) in [5.74, 6) is -0.954. The Kier molecular flexibility index (Phi) is 7.09. The maximum atomic E-state index is 11.1. The average molecular weight is 444 g/mol. The first-order chi connectivity index (χ1) is 15.5. The fourth-order valence-electron chi connectivity index (χ4n) is 4.01. The van der Waals surface area contributed by atoms with Crippen LogP contribution in [0.3, 0.4) is 0 Å². The minimum absolute atomic E-state index is 0.122. The fourth-order valence-corrected chi connectivity index (χ4v) is 4.01. The first-order valence-electron chi connectivity index (χ1n) is 11.1. The van der Waals surface area contributed by atoms with E-state index in [9.17, 15) is 9.90 Å². The van der Waals surface area contributed by atoms with Gasteiger partial charge in [0.1, 0.15) is 0 Å². The van der Waals surface area contributed by atoms with Crippen LogP contribution in [0.2, 0.25) is 0 Å². The van der Waals surface area contributed by atoms with Crippen molar-refractivity contribution in [1.29, 1.82) is 0 Å². The topological polar surface area (TPSA) is 60.8 Å². The highest BCUT2D eigenvalue weighted by atomic mass is 16.4. The second kappa shape index (κ2) is 9.63. The molecule has 3 rings (SSSR count). The van der Waals surface area contributed by atoms with Crippen LogP contribution in [0, 0.1) is 6.92 Å². The molecular formula is C29H33NO3. The summed E-state index contributed by atoms with van der Waals surface area (Å²) in [4.78, 5) is 13.2. The SMILES string of the molecule is Cc1ccccc1-c1cc(C(O)C=Cc2ccc(C(=O)O)cc2)cc(C(C)(C)C)c1N(C)C. The molecule has 1 unspecified atom stereocenters. The van der Waals surface area contributed by atoms with Crippen molar-refractivity contribution in [1.82, 2.24) is 0 Å². The van der Waals surface area contributed by atoms with E-state index in [1.807, 2.05) is 18.2 Å². The third kappa shape index (κ3) is 5.52. The monoisotopic (exact) mass is 443 g/mol. The van der Waals surface area contributed by atoms with E-state index in [4.69, 9.17) is 5.11 Å². The third-order valence-corrected chi connectivity index (χ3v) is 5.79. The summed E-state index contributed by atoms with van der Waals surface area (Å²) in [6, 6.07) is 19.1. The standard InChI is InChI=1S/C29H33NO3/c1-19-9-7-8-10-23(19)24-17-22(18-25(29(2,3)4)27(24)30(5)6)26(31)16-13-20-11-14-21(15-12-20)28(32)33/h7-18,26,31H,1-6H3,(H,32,33). The number of aliphatic hydroxyl groups is 1. The number of carbonyl (C=O) groups is 1. The van der Waals surface area contributed by atoms with E-state index in [0.29, 0.717) is 0 Å². The van der Waals surface area contributed by atoms with E-state index in [1.54, 1.807) is 30.3 Å². The number of aliphatic hydroxyl groups excluding tert-OH is 1. The van der Waals surface area contributed by atoms with Gasteiger partial charge in [-0.1, -0.05) is 75.4 Å². The van der Waals surface area contributed by atoms with Crippen LogP contribution in [-0.2, 0) is 5.41 Å². The molecule has 0 aliphatic heterocycles. The van der Waals surface area contributed by atoms with Gasteiger partial charge < -0.3 is 15.1 Å². The van der Waals surface area contributed by atoms with E-state index in [2.05, 4.69) is 71.0 Å². The normalized spacial score (nSPS) is 12.7. The summed E-state index contributed by atoms with van der Waals surface area (Å²) in [6.07, 6.45) is 2.76. The highest BCUT2D eigenvalue weighted by molar-refractivity contribution is 5.88. The van der Waals surface area contributed by atoms with Crippen molar-refractivity contribution >= 4 is 17.7 Å². The maximum Gasteiger partial charge on any atom is 0.335 e. The predicted octanol–water partition coefficient (Wildman–Crippen LogP) is 6.47. The molecule has 0 aliphatic carbocycles. The fraction of sp³-hybridized carbons (Fsp3) is 0.276. The van der Waals surface area contributed by atoms with Gasteiger partial charge in [-0.15, -0.1) is 0 Å². The Morgan fingerprint density at radius 3 is 2.15 bits per heavy atom. The first kappa shape index (κ1) is 24.3. The highest BCUT2D eigenvalue weighted by Crippen LogP contribution is 2.42. The molecule has 2 N–H and O–H groups in total. The lowest BCUT2D eigenvalue weighted by Crippen LogP contribution is -2.21. The number of anilines is 1. The van der Waals surface area contributed by atoms with E-state index < -0.39 is 12.1 Å². The van der Waals surface area contributed by atoms with Gasteiger partial charge in [-0.05, 0) is 58.4 Å². The van der Waals surface area contributed by atoms with Crippen LogP contribution >= 0.6 is 0 Å². The minimum Gasteiger partial charge on any atom is -0.478 e. The molecule has 3 aromatic carbocycles. The van der Waals surface area contributed by atoms with Crippen LogP contribution < -0.4 is 4.90 Å². The van der Waals surface area contributed by atoms with Crippen LogP contribution in [0.15, 0.2) is 66.7 Å². The molecule has 0 aliphatic rings. The molecular weight excluding hydrogens is 410 g/mol. The quantitative estimate of drug-likeness (QED) is 0.458. The van der Waals surface area contributed by atoms with Crippen LogP contribution in [0.5, 0.6) is 0 Å². The molecule has 0 spiro atoms. The molecule has 0 bridgehead atoms. The van der Waals surface area contributed by atoms with Gasteiger partial charge in [-0.25, -0.2) is 4.79 Å². The highest BCUT2D eigenvalue weighted by Gasteiger charge is 2.25. The lowest BCUT2D eigenvalue weighted by Gasteiger charge is -2.31. The molecule has 33 heavy (non-hydrogen) atoms. The number of rotatable bonds is 6. The molecule has 3 aromatic rings. The zero-order chi connectivity index (χ0) is 24.3. The second-order valence-electron chi connectivity index (χ2n) is 9.66. The Bertz CT molecular complexity index is 1170. The molecule has 0 saturated heterocycles. The second-order valence-corrected chi connectivity index (χ2v) is 9.66. The molecule has 0 radical (unpaired) electrons. The van der Waals surface area contributed by atoms with Gasteiger partial charge in [0.15, 0.2) is 0 Å². The molecule has 0 fully saturated rings. The number of benzene rings is 3. The maximum absolute atomic E-state index is 11.1. The largest absolute Gasteiger partial charge is 0.478 e. The molecule has 0 aromatic heterocycles. The van der Waals surface area contributed by atoms with E-state index >= 15 is 0 Å². The van der Waals surface area contributed by atoms with Crippen molar-refractivity contribution in [2.75, 3.05) is 19.0 Å². The predicted molar refractivity (Wildman–Crippen MR) is 137 cm³/mol. The number of aromatic carboxylic acids is 1. The van der Waals surface area contributed by atoms with Crippen molar-refractivity contribution in [2.24, 2.45) is 0 Å². The molecule has 0 saturated carbocycles. The first-order valence-corrected chi connectivity index (χ1v) is 11.1. The summed E-state index contributed by atoms with van der Waals surface area (Å²) < 4.78 is 0. The van der Waals surface area contributed by atoms with Crippen LogP contribution in [-0.4, -0.2) is 30.3 Å². The zero-order valence-electron chi connectivity index (χ0n) is 20.3. The van der Waals surface area contributed by atoms with Gasteiger partial charge in [-0.2, -0.15) is 0 Å². The van der Waals surface area contributed by atoms with Gasteiger partial charge in [0, 0.05) is 25.3 Å². The van der Waals surface area contributed by atoms with Crippen molar-refractivity contribution in [3.05, 3.63) is 94.6 Å². The molecule has 4 heteroatoms. The van der Waals surface area contributed by atoms with Gasteiger partial charge in [0.25, 0.3) is 0 Å². The molecule has 0 amide bonds. The van der Waals surface area contributed by atoms with Crippen molar-refractivity contribution < 1.29 is 15.0 Å².